The van der Waals surface area contributed by atoms with Crippen molar-refractivity contribution in [3.63, 3.8) is 0 Å². The minimum Gasteiger partial charge on any atom is -0.384 e. The van der Waals surface area contributed by atoms with Crippen LogP contribution in [0.4, 0.5) is 0 Å². The number of nitrogens with zero attached hydrogens (tertiary/aromatic N) is 2. The molecule has 0 unspecified atom stereocenters. The van der Waals surface area contributed by atoms with E-state index in [1.54, 1.807) is 19.4 Å². The number of pyridine rings is 1. The molecule has 1 aromatic rings. The molecule has 1 amide bonds. The molecule has 0 saturated carbocycles. The molecule has 0 bridgehead atoms. The number of amides is 1. The zero-order valence-corrected chi connectivity index (χ0v) is 12.5. The van der Waals surface area contributed by atoms with E-state index in [1.165, 1.54) is 0 Å². The average molecular weight is 290 g/mol. The maximum Gasteiger partial charge on any atom is 0.272 e. The number of aromatic nitrogens is 1. The van der Waals surface area contributed by atoms with Crippen LogP contribution < -0.4 is 0 Å². The third kappa shape index (κ3) is 2.80. The number of methoxy groups -OCH3 is 1. The molecule has 114 valence electrons. The van der Waals surface area contributed by atoms with Crippen LogP contribution in [0.3, 0.4) is 0 Å². The van der Waals surface area contributed by atoms with Crippen LogP contribution in [0.25, 0.3) is 0 Å². The summed E-state index contributed by atoms with van der Waals surface area (Å²) in [6, 6.07) is 5.45. The molecule has 0 aliphatic carbocycles. The molecule has 0 radical (unpaired) electrons. The first kappa shape index (κ1) is 14.5. The number of hydrogen-bond acceptors (Lipinski definition) is 4. The van der Waals surface area contributed by atoms with Gasteiger partial charge in [0, 0.05) is 38.4 Å². The highest BCUT2D eigenvalue weighted by Crippen LogP contribution is 2.40. The molecule has 0 aromatic carbocycles. The van der Waals surface area contributed by atoms with Crippen molar-refractivity contribution in [2.75, 3.05) is 33.4 Å². The van der Waals surface area contributed by atoms with Crippen LogP contribution in [0, 0.1) is 5.41 Å². The maximum atomic E-state index is 12.6. The van der Waals surface area contributed by atoms with E-state index < -0.39 is 0 Å². The van der Waals surface area contributed by atoms with Crippen LogP contribution in [0.2, 0.25) is 0 Å². The molecular formula is C16H22N2O3. The van der Waals surface area contributed by atoms with Gasteiger partial charge in [0.05, 0.1) is 12.7 Å². The highest BCUT2D eigenvalue weighted by Gasteiger charge is 2.47. The highest BCUT2D eigenvalue weighted by atomic mass is 16.5. The number of fused-ring (bicyclic) bond motifs is 1. The summed E-state index contributed by atoms with van der Waals surface area (Å²) >= 11 is 0. The summed E-state index contributed by atoms with van der Waals surface area (Å²) in [6.45, 7) is 2.89. The molecule has 3 heterocycles. The van der Waals surface area contributed by atoms with Gasteiger partial charge in [0.1, 0.15) is 5.69 Å². The molecule has 2 atom stereocenters. The Kier molecular flexibility index (Phi) is 4.22. The Morgan fingerprint density at radius 2 is 2.48 bits per heavy atom. The molecule has 1 aromatic heterocycles. The van der Waals surface area contributed by atoms with E-state index in [0.29, 0.717) is 18.8 Å². The molecule has 2 fully saturated rings. The predicted molar refractivity (Wildman–Crippen MR) is 78.0 cm³/mol. The van der Waals surface area contributed by atoms with E-state index in [1.807, 2.05) is 17.0 Å². The third-order valence-electron chi connectivity index (χ3n) is 4.59. The Morgan fingerprint density at radius 3 is 3.24 bits per heavy atom. The molecule has 2 aliphatic rings. The second-order valence-corrected chi connectivity index (χ2v) is 5.99. The van der Waals surface area contributed by atoms with Crippen LogP contribution in [0.1, 0.15) is 29.8 Å². The normalized spacial score (nSPS) is 29.0. The van der Waals surface area contributed by atoms with E-state index in [4.69, 9.17) is 9.47 Å². The molecule has 21 heavy (non-hydrogen) atoms. The lowest BCUT2D eigenvalue weighted by molar-refractivity contribution is -0.142. The number of carbonyl (C=O) groups excluding carboxylic acids is 1. The number of carbonyl (C=O) groups is 1. The zero-order chi connectivity index (χ0) is 14.7. The second kappa shape index (κ2) is 6.12. The van der Waals surface area contributed by atoms with Gasteiger partial charge in [0.15, 0.2) is 0 Å². The summed E-state index contributed by atoms with van der Waals surface area (Å²) in [5.74, 6) is 0.00935. The molecule has 2 aliphatic heterocycles. The van der Waals surface area contributed by atoms with Crippen LogP contribution in [0.5, 0.6) is 0 Å². The zero-order valence-electron chi connectivity index (χ0n) is 12.5. The Morgan fingerprint density at radius 1 is 1.57 bits per heavy atom. The van der Waals surface area contributed by atoms with Gasteiger partial charge in [-0.3, -0.25) is 9.78 Å². The van der Waals surface area contributed by atoms with Crippen molar-refractivity contribution in [2.24, 2.45) is 5.41 Å². The molecular weight excluding hydrogens is 268 g/mol. The summed E-state index contributed by atoms with van der Waals surface area (Å²) in [5, 5.41) is 0. The van der Waals surface area contributed by atoms with Gasteiger partial charge in [-0.2, -0.15) is 0 Å². The smallest absolute Gasteiger partial charge is 0.272 e. The first-order valence-corrected chi connectivity index (χ1v) is 7.56. The number of likely N-dealkylation sites (tertiary alicyclic amines) is 1. The molecule has 0 N–H and O–H groups in total. The van der Waals surface area contributed by atoms with Gasteiger partial charge in [-0.05, 0) is 31.4 Å². The van der Waals surface area contributed by atoms with Gasteiger partial charge in [0.2, 0.25) is 0 Å². The fourth-order valence-electron chi connectivity index (χ4n) is 3.61. The van der Waals surface area contributed by atoms with Gasteiger partial charge in [-0.1, -0.05) is 6.07 Å². The number of piperidine rings is 1. The van der Waals surface area contributed by atoms with Crippen molar-refractivity contribution in [2.45, 2.75) is 25.4 Å². The standard InChI is InChI=1S/C16H22N2O3/c1-20-12-16-7-4-10-21-14(16)6-9-18(11-16)15(19)13-5-2-3-8-17-13/h2-3,5,8,14H,4,6-7,9-12H2,1H3/t14-,16-/m0/s1. The quantitative estimate of drug-likeness (QED) is 0.851. The Balaban J connectivity index is 1.78. The monoisotopic (exact) mass is 290 g/mol. The minimum atomic E-state index is -0.0598. The van der Waals surface area contributed by atoms with E-state index in [0.717, 1.165) is 32.4 Å². The Bertz CT molecular complexity index is 490. The molecule has 0 spiro atoms. The van der Waals surface area contributed by atoms with Crippen molar-refractivity contribution in [1.82, 2.24) is 9.88 Å². The van der Waals surface area contributed by atoms with Gasteiger partial charge < -0.3 is 14.4 Å². The average Bonchev–Trinajstić information content (AvgIpc) is 2.54. The van der Waals surface area contributed by atoms with E-state index in [9.17, 15) is 4.79 Å². The molecule has 3 rings (SSSR count). The third-order valence-corrected chi connectivity index (χ3v) is 4.59. The SMILES string of the molecule is COC[C@@]12CCCO[C@H]1CCN(C(=O)c1ccccn1)C2. The van der Waals surface area contributed by atoms with Gasteiger partial charge in [-0.15, -0.1) is 0 Å². The van der Waals surface area contributed by atoms with Crippen LogP contribution in [-0.4, -0.2) is 55.3 Å². The summed E-state index contributed by atoms with van der Waals surface area (Å²) in [5.41, 5.74) is 0.454. The number of hydrogen-bond donors (Lipinski definition) is 0. The van der Waals surface area contributed by atoms with Gasteiger partial charge >= 0.3 is 0 Å². The largest absolute Gasteiger partial charge is 0.384 e. The molecule has 2 saturated heterocycles. The van der Waals surface area contributed by atoms with E-state index >= 15 is 0 Å². The lowest BCUT2D eigenvalue weighted by Gasteiger charge is -2.50. The summed E-state index contributed by atoms with van der Waals surface area (Å²) in [7, 11) is 1.72. The second-order valence-electron chi connectivity index (χ2n) is 5.99. The van der Waals surface area contributed by atoms with Crippen molar-refractivity contribution in [3.8, 4) is 0 Å². The van der Waals surface area contributed by atoms with Crippen molar-refractivity contribution < 1.29 is 14.3 Å². The van der Waals surface area contributed by atoms with Crippen molar-refractivity contribution in [1.29, 1.82) is 0 Å². The van der Waals surface area contributed by atoms with Gasteiger partial charge in [0.25, 0.3) is 5.91 Å². The van der Waals surface area contributed by atoms with Crippen LogP contribution in [-0.2, 0) is 9.47 Å². The van der Waals surface area contributed by atoms with Crippen molar-refractivity contribution >= 4 is 5.91 Å². The summed E-state index contributed by atoms with van der Waals surface area (Å²) in [4.78, 5) is 18.7. The highest BCUT2D eigenvalue weighted by molar-refractivity contribution is 5.92. The van der Waals surface area contributed by atoms with E-state index in [2.05, 4.69) is 4.98 Å². The fraction of sp³-hybridized carbons (Fsp3) is 0.625. The molecule has 5 nitrogen and oxygen atoms in total. The summed E-state index contributed by atoms with van der Waals surface area (Å²) < 4.78 is 11.4. The van der Waals surface area contributed by atoms with Crippen molar-refractivity contribution in [3.05, 3.63) is 30.1 Å². The predicted octanol–water partition coefficient (Wildman–Crippen LogP) is 1.74. The first-order valence-electron chi connectivity index (χ1n) is 7.56. The molecule has 5 heteroatoms. The Labute approximate surface area is 125 Å². The fourth-order valence-corrected chi connectivity index (χ4v) is 3.61. The first-order chi connectivity index (χ1) is 10.2. The van der Waals surface area contributed by atoms with Gasteiger partial charge in [-0.25, -0.2) is 0 Å². The summed E-state index contributed by atoms with van der Waals surface area (Å²) in [6.07, 6.45) is 4.83. The number of ether oxygens (including phenoxy) is 2. The minimum absolute atomic E-state index is 0.00935. The van der Waals surface area contributed by atoms with Crippen LogP contribution >= 0.6 is 0 Å². The number of rotatable bonds is 3. The topological polar surface area (TPSA) is 51.7 Å². The lowest BCUT2D eigenvalue weighted by Crippen LogP contribution is -2.58. The maximum absolute atomic E-state index is 12.6. The van der Waals surface area contributed by atoms with E-state index in [-0.39, 0.29) is 17.4 Å². The Hall–Kier alpha value is -1.46. The van der Waals surface area contributed by atoms with Crippen LogP contribution in [0.15, 0.2) is 24.4 Å². The lowest BCUT2D eigenvalue weighted by atomic mass is 9.73.